The smallest absolute Gasteiger partial charge is 0.223 e. The minimum Gasteiger partial charge on any atom is -0.343 e. The van der Waals surface area contributed by atoms with Crippen LogP contribution >= 0.6 is 0 Å². The van der Waals surface area contributed by atoms with Crippen molar-refractivity contribution in [1.29, 1.82) is 0 Å². The summed E-state index contributed by atoms with van der Waals surface area (Å²) >= 11 is 0. The lowest BCUT2D eigenvalue weighted by molar-refractivity contribution is -0.134. The monoisotopic (exact) mass is 252 g/mol. The summed E-state index contributed by atoms with van der Waals surface area (Å²) in [7, 11) is 0. The molecule has 0 atom stereocenters. The molecule has 0 aromatic rings. The second kappa shape index (κ2) is 6.05. The lowest BCUT2D eigenvalue weighted by Crippen LogP contribution is -2.41. The van der Waals surface area contributed by atoms with Crippen molar-refractivity contribution in [2.24, 2.45) is 17.1 Å². The predicted octanol–water partition coefficient (Wildman–Crippen LogP) is 2.54. The van der Waals surface area contributed by atoms with Crippen LogP contribution in [0.5, 0.6) is 0 Å². The molecular formula is C15H28N2O. The Labute approximate surface area is 111 Å². The lowest BCUT2D eigenvalue weighted by atomic mass is 9.71. The highest BCUT2D eigenvalue weighted by Crippen LogP contribution is 2.39. The minimum atomic E-state index is 0.117. The van der Waals surface area contributed by atoms with Gasteiger partial charge in [-0.1, -0.05) is 19.3 Å². The highest BCUT2D eigenvalue weighted by atomic mass is 16.2. The van der Waals surface area contributed by atoms with Gasteiger partial charge in [0.2, 0.25) is 5.91 Å². The van der Waals surface area contributed by atoms with Crippen molar-refractivity contribution < 1.29 is 4.79 Å². The molecule has 2 aliphatic rings. The second-order valence-electron chi connectivity index (χ2n) is 6.32. The largest absolute Gasteiger partial charge is 0.343 e. The normalized spacial score (nSPS) is 22.8. The Morgan fingerprint density at radius 2 is 1.94 bits per heavy atom. The highest BCUT2D eigenvalue weighted by molar-refractivity contribution is 5.77. The van der Waals surface area contributed by atoms with E-state index in [1.807, 2.05) is 0 Å². The average Bonchev–Trinajstić information content (AvgIpc) is 3.21. The minimum absolute atomic E-state index is 0.117. The molecule has 0 aromatic carbocycles. The van der Waals surface area contributed by atoms with E-state index in [-0.39, 0.29) is 5.41 Å². The van der Waals surface area contributed by atoms with Gasteiger partial charge >= 0.3 is 0 Å². The van der Waals surface area contributed by atoms with Crippen molar-refractivity contribution in [2.75, 3.05) is 19.6 Å². The van der Waals surface area contributed by atoms with Gasteiger partial charge in [0.25, 0.3) is 0 Å². The molecule has 104 valence electrons. The number of rotatable bonds is 6. The fraction of sp³-hybridized carbons (Fsp3) is 0.933. The van der Waals surface area contributed by atoms with Crippen molar-refractivity contribution in [3.8, 4) is 0 Å². The van der Waals surface area contributed by atoms with Crippen molar-refractivity contribution in [3.05, 3.63) is 0 Å². The number of hydrogen-bond acceptors (Lipinski definition) is 2. The summed E-state index contributed by atoms with van der Waals surface area (Å²) in [6, 6.07) is 0. The first-order chi connectivity index (χ1) is 8.69. The maximum absolute atomic E-state index is 12.4. The maximum atomic E-state index is 12.4. The van der Waals surface area contributed by atoms with Crippen LogP contribution in [0, 0.1) is 11.3 Å². The molecule has 3 heteroatoms. The van der Waals surface area contributed by atoms with Crippen molar-refractivity contribution >= 4 is 5.91 Å². The van der Waals surface area contributed by atoms with Crippen molar-refractivity contribution in [2.45, 2.75) is 58.3 Å². The number of carbonyl (C=O) groups is 1. The third-order valence-electron chi connectivity index (χ3n) is 4.78. The maximum Gasteiger partial charge on any atom is 0.223 e. The second-order valence-corrected chi connectivity index (χ2v) is 6.32. The van der Waals surface area contributed by atoms with Gasteiger partial charge in [-0.25, -0.2) is 0 Å². The van der Waals surface area contributed by atoms with E-state index in [0.29, 0.717) is 18.9 Å². The van der Waals surface area contributed by atoms with Gasteiger partial charge in [0.1, 0.15) is 0 Å². The number of nitrogens with two attached hydrogens (primary N) is 1. The van der Waals surface area contributed by atoms with Gasteiger partial charge in [-0.3, -0.25) is 4.79 Å². The van der Waals surface area contributed by atoms with Gasteiger partial charge in [-0.15, -0.1) is 0 Å². The molecule has 0 spiro atoms. The van der Waals surface area contributed by atoms with E-state index in [1.165, 1.54) is 32.1 Å². The van der Waals surface area contributed by atoms with Crippen LogP contribution in [0.2, 0.25) is 0 Å². The van der Waals surface area contributed by atoms with Crippen LogP contribution in [0.1, 0.15) is 58.3 Å². The molecular weight excluding hydrogens is 224 g/mol. The molecule has 2 aliphatic carbocycles. The van der Waals surface area contributed by atoms with Crippen LogP contribution in [0.25, 0.3) is 0 Å². The molecule has 0 radical (unpaired) electrons. The zero-order valence-electron chi connectivity index (χ0n) is 11.8. The molecule has 0 bridgehead atoms. The average molecular weight is 252 g/mol. The molecule has 0 heterocycles. The number of nitrogens with zero attached hydrogens (tertiary/aromatic N) is 1. The topological polar surface area (TPSA) is 46.3 Å². The van der Waals surface area contributed by atoms with Crippen LogP contribution in [0.4, 0.5) is 0 Å². The Hall–Kier alpha value is -0.570. The molecule has 0 aliphatic heterocycles. The number of hydrogen-bond donors (Lipinski definition) is 1. The Morgan fingerprint density at radius 1 is 1.28 bits per heavy atom. The van der Waals surface area contributed by atoms with E-state index < -0.39 is 0 Å². The quantitative estimate of drug-likeness (QED) is 0.789. The van der Waals surface area contributed by atoms with Crippen LogP contribution in [-0.4, -0.2) is 30.4 Å². The van der Waals surface area contributed by atoms with Gasteiger partial charge in [-0.2, -0.15) is 0 Å². The summed E-state index contributed by atoms with van der Waals surface area (Å²) in [4.78, 5) is 14.5. The van der Waals surface area contributed by atoms with E-state index in [4.69, 9.17) is 5.73 Å². The lowest BCUT2D eigenvalue weighted by Gasteiger charge is -2.37. The Kier molecular flexibility index (Phi) is 4.66. The zero-order valence-corrected chi connectivity index (χ0v) is 11.8. The van der Waals surface area contributed by atoms with Crippen molar-refractivity contribution in [1.82, 2.24) is 4.90 Å². The Bertz CT molecular complexity index is 280. The van der Waals surface area contributed by atoms with Gasteiger partial charge in [-0.05, 0) is 50.5 Å². The van der Waals surface area contributed by atoms with Crippen molar-refractivity contribution in [3.63, 3.8) is 0 Å². The molecule has 2 N–H and O–H groups in total. The van der Waals surface area contributed by atoms with E-state index in [9.17, 15) is 4.79 Å². The molecule has 3 nitrogen and oxygen atoms in total. The summed E-state index contributed by atoms with van der Waals surface area (Å²) in [5.41, 5.74) is 6.09. The van der Waals surface area contributed by atoms with E-state index in [0.717, 1.165) is 31.8 Å². The number of amides is 1. The zero-order chi connectivity index (χ0) is 13.0. The summed E-state index contributed by atoms with van der Waals surface area (Å²) in [6.07, 6.45) is 9.42. The van der Waals surface area contributed by atoms with Gasteiger partial charge in [0.15, 0.2) is 0 Å². The summed E-state index contributed by atoms with van der Waals surface area (Å²) in [5.74, 6) is 1.13. The summed E-state index contributed by atoms with van der Waals surface area (Å²) in [5, 5.41) is 0. The predicted molar refractivity (Wildman–Crippen MR) is 74.2 cm³/mol. The third-order valence-corrected chi connectivity index (χ3v) is 4.78. The highest BCUT2D eigenvalue weighted by Gasteiger charge is 2.35. The van der Waals surface area contributed by atoms with E-state index in [2.05, 4.69) is 11.8 Å². The summed E-state index contributed by atoms with van der Waals surface area (Å²) < 4.78 is 0. The fourth-order valence-electron chi connectivity index (χ4n) is 3.21. The van der Waals surface area contributed by atoms with Gasteiger partial charge in [0, 0.05) is 19.5 Å². The van der Waals surface area contributed by atoms with E-state index >= 15 is 0 Å². The molecule has 18 heavy (non-hydrogen) atoms. The molecule has 2 fully saturated rings. The van der Waals surface area contributed by atoms with Gasteiger partial charge < -0.3 is 10.6 Å². The van der Waals surface area contributed by atoms with Crippen LogP contribution in [-0.2, 0) is 4.79 Å². The fourth-order valence-corrected chi connectivity index (χ4v) is 3.21. The molecule has 0 unspecified atom stereocenters. The first-order valence-electron chi connectivity index (χ1n) is 7.67. The molecule has 0 saturated heterocycles. The Balaban J connectivity index is 1.89. The van der Waals surface area contributed by atoms with Crippen LogP contribution in [0.15, 0.2) is 0 Å². The molecule has 0 aromatic heterocycles. The SMILES string of the molecule is CCN(CC1CC1)C(=O)CC1(CN)CCCCC1. The Morgan fingerprint density at radius 3 is 2.44 bits per heavy atom. The first-order valence-corrected chi connectivity index (χ1v) is 7.67. The molecule has 2 saturated carbocycles. The molecule has 2 rings (SSSR count). The standard InChI is InChI=1S/C15H28N2O/c1-2-17(11-13-6-7-13)14(18)10-15(12-16)8-4-3-5-9-15/h13H,2-12,16H2,1H3. The summed E-state index contributed by atoms with van der Waals surface area (Å²) in [6.45, 7) is 4.61. The molecule has 1 amide bonds. The third kappa shape index (κ3) is 3.47. The van der Waals surface area contributed by atoms with Crippen LogP contribution in [0.3, 0.4) is 0 Å². The van der Waals surface area contributed by atoms with Gasteiger partial charge in [0.05, 0.1) is 0 Å². The van der Waals surface area contributed by atoms with Crippen LogP contribution < -0.4 is 5.73 Å². The number of carbonyl (C=O) groups excluding carboxylic acids is 1. The first kappa shape index (κ1) is 13.9. The van der Waals surface area contributed by atoms with E-state index in [1.54, 1.807) is 0 Å².